The number of alkyl halides is 1. The molecule has 3 saturated heterocycles. The highest BCUT2D eigenvalue weighted by Gasteiger charge is 2.51. The van der Waals surface area contributed by atoms with Crippen LogP contribution in [0.5, 0.6) is 0 Å². The van der Waals surface area contributed by atoms with Gasteiger partial charge in [-0.1, -0.05) is 0 Å². The van der Waals surface area contributed by atoms with E-state index in [-0.39, 0.29) is 0 Å². The smallest absolute Gasteiger partial charge is 0.192 e. The number of hydrogen-bond acceptors (Lipinski definition) is 15. The lowest BCUT2D eigenvalue weighted by Crippen LogP contribution is -2.64. The monoisotopic (exact) mass is 506 g/mol. The van der Waals surface area contributed by atoms with Gasteiger partial charge in [-0.3, -0.25) is 0 Å². The van der Waals surface area contributed by atoms with Gasteiger partial charge in [-0.2, -0.15) is 0 Å². The molecule has 0 saturated carbocycles. The molecular weight excluding hydrogens is 475 g/mol. The zero-order chi connectivity index (χ0) is 25.3. The maximum atomic E-state index is 14.4. The molecule has 15 nitrogen and oxygen atoms in total. The summed E-state index contributed by atoms with van der Waals surface area (Å²) in [6.07, 6.45) is -26.4. The first-order valence-corrected chi connectivity index (χ1v) is 10.6. The number of halogens is 1. The number of aliphatic hydroxyl groups is 10. The lowest BCUT2D eigenvalue weighted by Gasteiger charge is -2.45. The number of rotatable bonds is 7. The second-order valence-electron chi connectivity index (χ2n) is 8.33. The van der Waals surface area contributed by atoms with Crippen molar-refractivity contribution in [1.82, 2.24) is 0 Å². The van der Waals surface area contributed by atoms with Crippen LogP contribution in [0.15, 0.2) is 0 Å². The summed E-state index contributed by atoms with van der Waals surface area (Å²) in [6.45, 7) is -2.16. The van der Waals surface area contributed by atoms with Crippen LogP contribution in [0.25, 0.3) is 0 Å². The maximum absolute atomic E-state index is 14.4. The third-order valence-corrected chi connectivity index (χ3v) is 6.03. The Labute approximate surface area is 192 Å². The van der Waals surface area contributed by atoms with Gasteiger partial charge in [0.2, 0.25) is 0 Å². The number of aliphatic hydroxyl groups excluding tert-OH is 10. The van der Waals surface area contributed by atoms with Crippen LogP contribution in [0, 0.1) is 0 Å². The summed E-state index contributed by atoms with van der Waals surface area (Å²) in [5.74, 6) is 0. The van der Waals surface area contributed by atoms with Crippen molar-refractivity contribution >= 4 is 0 Å². The summed E-state index contributed by atoms with van der Waals surface area (Å²) < 4.78 is 40.2. The van der Waals surface area contributed by atoms with Crippen LogP contribution in [0.1, 0.15) is 0 Å². The van der Waals surface area contributed by atoms with Crippen molar-refractivity contribution < 1.29 is 79.1 Å². The zero-order valence-electron chi connectivity index (χ0n) is 17.7. The van der Waals surface area contributed by atoms with Gasteiger partial charge in [0.1, 0.15) is 67.1 Å². The second-order valence-corrected chi connectivity index (χ2v) is 8.33. The van der Waals surface area contributed by atoms with E-state index < -0.39 is 112 Å². The Bertz CT molecular complexity index is 642. The molecule has 34 heavy (non-hydrogen) atoms. The van der Waals surface area contributed by atoms with Gasteiger partial charge in [0.25, 0.3) is 0 Å². The van der Waals surface area contributed by atoms with Crippen molar-refractivity contribution in [3.8, 4) is 0 Å². The highest BCUT2D eigenvalue weighted by atomic mass is 19.1. The molecule has 3 aliphatic rings. The van der Waals surface area contributed by atoms with Crippen LogP contribution in [0.2, 0.25) is 0 Å². The summed E-state index contributed by atoms with van der Waals surface area (Å²) in [5.41, 5.74) is 0. The molecular formula is C18H31FO15. The Morgan fingerprint density at radius 2 is 1.15 bits per heavy atom. The Balaban J connectivity index is 1.65. The zero-order valence-corrected chi connectivity index (χ0v) is 17.7. The third-order valence-electron chi connectivity index (χ3n) is 6.03. The minimum atomic E-state index is -2.35. The Morgan fingerprint density at radius 3 is 1.74 bits per heavy atom. The Kier molecular flexibility index (Phi) is 9.51. The fourth-order valence-electron chi connectivity index (χ4n) is 3.92. The SMILES string of the molecule is OC[C@H]1O[C@H](OC[C@H]2O[C@@H](O)[C@@H](O)[C@@H](O[C@H]3O[C@H](CO)[C@@H](O)[C@H](O)[C@@H]3F)[C@@H]2O)[C@@H](O)[C@@H](O)[C@@H]1O. The molecule has 15 atom stereocenters. The van der Waals surface area contributed by atoms with E-state index in [0.717, 1.165) is 0 Å². The van der Waals surface area contributed by atoms with Gasteiger partial charge in [-0.25, -0.2) is 4.39 Å². The van der Waals surface area contributed by atoms with E-state index in [2.05, 4.69) is 0 Å². The van der Waals surface area contributed by atoms with E-state index in [9.17, 15) is 55.5 Å². The summed E-state index contributed by atoms with van der Waals surface area (Å²) in [4.78, 5) is 0. The average molecular weight is 506 g/mol. The highest BCUT2D eigenvalue weighted by molar-refractivity contribution is 4.94. The van der Waals surface area contributed by atoms with Crippen LogP contribution in [-0.4, -0.2) is 163 Å². The van der Waals surface area contributed by atoms with E-state index in [1.165, 1.54) is 0 Å². The molecule has 0 amide bonds. The Morgan fingerprint density at radius 1 is 0.588 bits per heavy atom. The minimum Gasteiger partial charge on any atom is -0.394 e. The molecule has 3 heterocycles. The molecule has 0 aromatic heterocycles. The van der Waals surface area contributed by atoms with Crippen molar-refractivity contribution in [3.63, 3.8) is 0 Å². The molecule has 0 radical (unpaired) electrons. The summed E-state index contributed by atoms with van der Waals surface area (Å²) in [6, 6.07) is 0. The van der Waals surface area contributed by atoms with Crippen LogP contribution >= 0.6 is 0 Å². The first kappa shape index (κ1) is 27.9. The second kappa shape index (κ2) is 11.6. The molecule has 10 N–H and O–H groups in total. The van der Waals surface area contributed by atoms with Gasteiger partial charge >= 0.3 is 0 Å². The van der Waals surface area contributed by atoms with Crippen LogP contribution in [-0.2, 0) is 23.7 Å². The van der Waals surface area contributed by atoms with Gasteiger partial charge in [-0.05, 0) is 0 Å². The van der Waals surface area contributed by atoms with Crippen molar-refractivity contribution in [2.45, 2.75) is 92.2 Å². The van der Waals surface area contributed by atoms with Crippen molar-refractivity contribution in [2.24, 2.45) is 0 Å². The van der Waals surface area contributed by atoms with Crippen LogP contribution in [0.3, 0.4) is 0 Å². The van der Waals surface area contributed by atoms with Crippen LogP contribution in [0.4, 0.5) is 4.39 Å². The van der Waals surface area contributed by atoms with Crippen molar-refractivity contribution in [3.05, 3.63) is 0 Å². The van der Waals surface area contributed by atoms with E-state index in [1.54, 1.807) is 0 Å². The average Bonchev–Trinajstić information content (AvgIpc) is 2.82. The van der Waals surface area contributed by atoms with Gasteiger partial charge in [0, 0.05) is 0 Å². The maximum Gasteiger partial charge on any atom is 0.192 e. The lowest BCUT2D eigenvalue weighted by atomic mass is 9.97. The molecule has 0 unspecified atom stereocenters. The molecule has 0 aliphatic carbocycles. The molecule has 200 valence electrons. The quantitative estimate of drug-likeness (QED) is 0.154. The topological polar surface area (TPSA) is 248 Å². The molecule has 3 fully saturated rings. The van der Waals surface area contributed by atoms with E-state index in [0.29, 0.717) is 0 Å². The first-order chi connectivity index (χ1) is 16.0. The molecule has 0 bridgehead atoms. The molecule has 0 spiro atoms. The highest BCUT2D eigenvalue weighted by Crippen LogP contribution is 2.30. The fourth-order valence-corrected chi connectivity index (χ4v) is 3.92. The fraction of sp³-hybridized carbons (Fsp3) is 1.00. The molecule has 3 rings (SSSR count). The van der Waals surface area contributed by atoms with E-state index in [4.69, 9.17) is 23.7 Å². The van der Waals surface area contributed by atoms with Gasteiger partial charge in [0.15, 0.2) is 25.0 Å². The lowest BCUT2D eigenvalue weighted by molar-refractivity contribution is -0.356. The molecule has 16 heteroatoms. The Hall–Kier alpha value is -0.670. The largest absolute Gasteiger partial charge is 0.394 e. The van der Waals surface area contributed by atoms with Gasteiger partial charge in [0.05, 0.1) is 19.8 Å². The summed E-state index contributed by atoms with van der Waals surface area (Å²) >= 11 is 0. The molecule has 0 aromatic rings. The van der Waals surface area contributed by atoms with Crippen LogP contribution < -0.4 is 0 Å². The van der Waals surface area contributed by atoms with E-state index in [1.807, 2.05) is 0 Å². The van der Waals surface area contributed by atoms with Crippen molar-refractivity contribution in [2.75, 3.05) is 19.8 Å². The molecule has 3 aliphatic heterocycles. The normalized spacial score (nSPS) is 52.5. The standard InChI is InChI=1S/C18H31FO15/c19-7-11(25)8(22)4(1-20)32-17(7)34-15-10(24)6(31-16(29)14(15)28)3-30-18-13(27)12(26)9(23)5(2-21)33-18/h4-18,20-29H,1-3H2/t4-,5-,6-,7+,8-,9-,10-,11-,12+,13+,14+,15+,16-,17-,18+/m1/s1. The van der Waals surface area contributed by atoms with Gasteiger partial charge < -0.3 is 74.7 Å². The predicted octanol–water partition coefficient (Wildman–Crippen LogP) is -6.60. The number of hydrogen-bond donors (Lipinski definition) is 10. The van der Waals surface area contributed by atoms with E-state index >= 15 is 0 Å². The predicted molar refractivity (Wildman–Crippen MR) is 100 cm³/mol. The van der Waals surface area contributed by atoms with Crippen molar-refractivity contribution in [1.29, 1.82) is 0 Å². The first-order valence-electron chi connectivity index (χ1n) is 10.6. The minimum absolute atomic E-state index is 0.640. The summed E-state index contributed by atoms with van der Waals surface area (Å²) in [5, 5.41) is 98.4. The molecule has 0 aromatic carbocycles. The van der Waals surface area contributed by atoms with Gasteiger partial charge in [-0.15, -0.1) is 0 Å². The summed E-state index contributed by atoms with van der Waals surface area (Å²) in [7, 11) is 0. The third kappa shape index (κ3) is 5.51. The number of ether oxygens (including phenoxy) is 5.